The number of ether oxygens (including phenoxy) is 2. The summed E-state index contributed by atoms with van der Waals surface area (Å²) in [5, 5.41) is 0. The second-order valence-corrected chi connectivity index (χ2v) is 7.34. The molecular weight excluding hydrogens is 344 g/mol. The monoisotopic (exact) mass is 374 g/mol. The molecule has 0 spiro atoms. The summed E-state index contributed by atoms with van der Waals surface area (Å²) in [4.78, 5) is 28.5. The average molecular weight is 374 g/mol. The van der Waals surface area contributed by atoms with Crippen LogP contribution >= 0.6 is 0 Å². The van der Waals surface area contributed by atoms with Gasteiger partial charge in [0.25, 0.3) is 11.8 Å². The Morgan fingerprint density at radius 1 is 1.19 bits per heavy atom. The van der Waals surface area contributed by atoms with E-state index in [0.29, 0.717) is 38.7 Å². The molecule has 2 atom stereocenters. The molecule has 1 aromatic carbocycles. The first-order valence-electron chi connectivity index (χ1n) is 10.00. The van der Waals surface area contributed by atoms with Crippen molar-refractivity contribution in [2.45, 2.75) is 45.1 Å². The Bertz CT molecular complexity index is 649. The van der Waals surface area contributed by atoms with Crippen molar-refractivity contribution in [2.24, 2.45) is 0 Å². The molecule has 6 nitrogen and oxygen atoms in total. The van der Waals surface area contributed by atoms with E-state index in [1.54, 1.807) is 4.90 Å². The standard InChI is InChI=1S/C21H30N2O4/c1-3-16(2)17-7-4-5-8-18(17)27-15-20(24)22-10-12-23(13-11-22)21(25)19-9-6-14-26-19/h4-5,7-8,16,19H,3,6,9-15H2,1-2H3. The molecule has 0 aromatic heterocycles. The van der Waals surface area contributed by atoms with Crippen LogP contribution in [0.4, 0.5) is 0 Å². The average Bonchev–Trinajstić information content (AvgIpc) is 3.26. The first-order valence-corrected chi connectivity index (χ1v) is 10.00. The van der Waals surface area contributed by atoms with Gasteiger partial charge in [0.2, 0.25) is 0 Å². The summed E-state index contributed by atoms with van der Waals surface area (Å²) in [6, 6.07) is 7.91. The Hall–Kier alpha value is -2.08. The number of hydrogen-bond donors (Lipinski definition) is 0. The molecule has 0 saturated carbocycles. The summed E-state index contributed by atoms with van der Waals surface area (Å²) in [5.41, 5.74) is 1.14. The van der Waals surface area contributed by atoms with Crippen LogP contribution in [0.3, 0.4) is 0 Å². The van der Waals surface area contributed by atoms with Crippen molar-refractivity contribution in [2.75, 3.05) is 39.4 Å². The summed E-state index contributed by atoms with van der Waals surface area (Å²) in [7, 11) is 0. The molecule has 2 aliphatic rings. The zero-order valence-electron chi connectivity index (χ0n) is 16.4. The first kappa shape index (κ1) is 19.7. The fourth-order valence-electron chi connectivity index (χ4n) is 3.62. The van der Waals surface area contributed by atoms with Crippen molar-refractivity contribution in [3.05, 3.63) is 29.8 Å². The van der Waals surface area contributed by atoms with E-state index in [0.717, 1.165) is 30.6 Å². The maximum Gasteiger partial charge on any atom is 0.260 e. The van der Waals surface area contributed by atoms with Crippen LogP contribution in [-0.4, -0.2) is 67.1 Å². The molecule has 2 amide bonds. The predicted octanol–water partition coefficient (Wildman–Crippen LogP) is 2.43. The van der Waals surface area contributed by atoms with Crippen molar-refractivity contribution in [1.82, 2.24) is 9.80 Å². The fourth-order valence-corrected chi connectivity index (χ4v) is 3.62. The zero-order chi connectivity index (χ0) is 19.2. The van der Waals surface area contributed by atoms with Gasteiger partial charge in [-0.15, -0.1) is 0 Å². The van der Waals surface area contributed by atoms with Crippen molar-refractivity contribution in [3.63, 3.8) is 0 Å². The number of hydrogen-bond acceptors (Lipinski definition) is 4. The molecule has 2 heterocycles. The third-order valence-electron chi connectivity index (χ3n) is 5.56. The van der Waals surface area contributed by atoms with Gasteiger partial charge in [-0.25, -0.2) is 0 Å². The lowest BCUT2D eigenvalue weighted by atomic mass is 9.98. The maximum atomic E-state index is 12.5. The molecule has 0 bridgehead atoms. The van der Waals surface area contributed by atoms with Gasteiger partial charge in [-0.3, -0.25) is 9.59 Å². The molecule has 2 saturated heterocycles. The molecule has 2 aliphatic heterocycles. The van der Waals surface area contributed by atoms with E-state index in [1.165, 1.54) is 0 Å². The third-order valence-corrected chi connectivity index (χ3v) is 5.56. The van der Waals surface area contributed by atoms with Gasteiger partial charge in [0, 0.05) is 32.8 Å². The summed E-state index contributed by atoms with van der Waals surface area (Å²) >= 11 is 0. The molecule has 2 unspecified atom stereocenters. The van der Waals surface area contributed by atoms with E-state index in [2.05, 4.69) is 19.9 Å². The lowest BCUT2D eigenvalue weighted by Crippen LogP contribution is -2.53. The number of benzene rings is 1. The summed E-state index contributed by atoms with van der Waals surface area (Å²) in [6.07, 6.45) is 2.49. The largest absolute Gasteiger partial charge is 0.483 e. The van der Waals surface area contributed by atoms with E-state index in [-0.39, 0.29) is 24.5 Å². The number of amides is 2. The highest BCUT2D eigenvalue weighted by Gasteiger charge is 2.31. The van der Waals surface area contributed by atoms with Crippen LogP contribution in [0.1, 0.15) is 44.6 Å². The zero-order valence-corrected chi connectivity index (χ0v) is 16.4. The molecule has 0 radical (unpaired) electrons. The Labute approximate surface area is 161 Å². The number of piperazine rings is 1. The quantitative estimate of drug-likeness (QED) is 0.767. The van der Waals surface area contributed by atoms with Crippen molar-refractivity contribution < 1.29 is 19.1 Å². The highest BCUT2D eigenvalue weighted by Crippen LogP contribution is 2.28. The van der Waals surface area contributed by atoms with E-state index in [4.69, 9.17) is 9.47 Å². The van der Waals surface area contributed by atoms with Crippen LogP contribution in [-0.2, 0) is 14.3 Å². The van der Waals surface area contributed by atoms with Gasteiger partial charge in [-0.1, -0.05) is 32.0 Å². The summed E-state index contributed by atoms with van der Waals surface area (Å²) < 4.78 is 11.3. The predicted molar refractivity (Wildman–Crippen MR) is 103 cm³/mol. The van der Waals surface area contributed by atoms with Crippen molar-refractivity contribution in [1.29, 1.82) is 0 Å². The molecule has 148 valence electrons. The van der Waals surface area contributed by atoms with E-state index in [9.17, 15) is 9.59 Å². The third kappa shape index (κ3) is 4.80. The number of nitrogens with zero attached hydrogens (tertiary/aromatic N) is 2. The van der Waals surface area contributed by atoms with E-state index < -0.39 is 0 Å². The highest BCUT2D eigenvalue weighted by molar-refractivity contribution is 5.82. The van der Waals surface area contributed by atoms with Crippen LogP contribution in [0.2, 0.25) is 0 Å². The van der Waals surface area contributed by atoms with Crippen molar-refractivity contribution >= 4 is 11.8 Å². The van der Waals surface area contributed by atoms with Crippen molar-refractivity contribution in [3.8, 4) is 5.75 Å². The molecule has 3 rings (SSSR count). The minimum atomic E-state index is -0.285. The lowest BCUT2D eigenvalue weighted by Gasteiger charge is -2.35. The normalized spacial score (nSPS) is 21.2. The molecule has 1 aromatic rings. The van der Waals surface area contributed by atoms with Gasteiger partial charge in [0.05, 0.1) is 0 Å². The SMILES string of the molecule is CCC(C)c1ccccc1OCC(=O)N1CCN(C(=O)C2CCCO2)CC1. The van der Waals surface area contributed by atoms with Crippen LogP contribution < -0.4 is 4.74 Å². The second kappa shape index (κ2) is 9.22. The first-order chi connectivity index (χ1) is 13.1. The lowest BCUT2D eigenvalue weighted by molar-refractivity contribution is -0.146. The Balaban J connectivity index is 1.48. The van der Waals surface area contributed by atoms with Crippen LogP contribution in [0, 0.1) is 0 Å². The number of carbonyl (C=O) groups excluding carboxylic acids is 2. The number of para-hydroxylation sites is 1. The summed E-state index contributed by atoms with van der Waals surface area (Å²) in [6.45, 7) is 7.23. The van der Waals surface area contributed by atoms with E-state index in [1.807, 2.05) is 23.1 Å². The van der Waals surface area contributed by atoms with Gasteiger partial charge >= 0.3 is 0 Å². The van der Waals surface area contributed by atoms with Gasteiger partial charge in [0.1, 0.15) is 11.9 Å². The van der Waals surface area contributed by atoms with E-state index >= 15 is 0 Å². The second-order valence-electron chi connectivity index (χ2n) is 7.34. The Kier molecular flexibility index (Phi) is 6.72. The fraction of sp³-hybridized carbons (Fsp3) is 0.619. The summed E-state index contributed by atoms with van der Waals surface area (Å²) in [5.74, 6) is 1.22. The molecule has 0 aliphatic carbocycles. The molecule has 2 fully saturated rings. The number of carbonyl (C=O) groups is 2. The topological polar surface area (TPSA) is 59.1 Å². The van der Waals surface area contributed by atoms with Crippen LogP contribution in [0.25, 0.3) is 0 Å². The Morgan fingerprint density at radius 2 is 1.89 bits per heavy atom. The Morgan fingerprint density at radius 3 is 2.56 bits per heavy atom. The van der Waals surface area contributed by atoms with Gasteiger partial charge in [0.15, 0.2) is 6.61 Å². The minimum Gasteiger partial charge on any atom is -0.483 e. The molecule has 6 heteroatoms. The molecule has 27 heavy (non-hydrogen) atoms. The van der Waals surface area contributed by atoms with Gasteiger partial charge in [-0.2, -0.15) is 0 Å². The van der Waals surface area contributed by atoms with Crippen LogP contribution in [0.5, 0.6) is 5.75 Å². The maximum absolute atomic E-state index is 12.5. The van der Waals surface area contributed by atoms with Gasteiger partial charge in [-0.05, 0) is 36.8 Å². The van der Waals surface area contributed by atoms with Gasteiger partial charge < -0.3 is 19.3 Å². The minimum absolute atomic E-state index is 0.0295. The smallest absolute Gasteiger partial charge is 0.260 e. The highest BCUT2D eigenvalue weighted by atomic mass is 16.5. The molecule has 0 N–H and O–H groups in total. The van der Waals surface area contributed by atoms with Crippen LogP contribution in [0.15, 0.2) is 24.3 Å². The number of rotatable bonds is 6. The molecular formula is C21H30N2O4.